The van der Waals surface area contributed by atoms with E-state index in [1.54, 1.807) is 0 Å². The summed E-state index contributed by atoms with van der Waals surface area (Å²) in [7, 11) is 0. The average molecular weight is 247 g/mol. The molecule has 1 aliphatic heterocycles. The third-order valence-corrected chi connectivity index (χ3v) is 3.07. The maximum absolute atomic E-state index is 12.0. The average Bonchev–Trinajstić information content (AvgIpc) is 2.39. The molecule has 0 bridgehead atoms. The summed E-state index contributed by atoms with van der Waals surface area (Å²) >= 11 is 0. The van der Waals surface area contributed by atoms with E-state index in [2.05, 4.69) is 10.6 Å². The fraction of sp³-hybridized carbons (Fsp3) is 0.385. The van der Waals surface area contributed by atoms with Crippen molar-refractivity contribution in [3.63, 3.8) is 0 Å². The number of hydrogen-bond donors (Lipinski definition) is 3. The van der Waals surface area contributed by atoms with Crippen LogP contribution in [-0.4, -0.2) is 18.4 Å². The number of carbonyl (C=O) groups is 2. The topological polar surface area (TPSA) is 84.2 Å². The molecule has 0 aromatic heterocycles. The number of piperidine rings is 1. The molecule has 1 heterocycles. The van der Waals surface area contributed by atoms with Gasteiger partial charge in [0.15, 0.2) is 0 Å². The van der Waals surface area contributed by atoms with E-state index in [9.17, 15) is 9.59 Å². The first-order valence-electron chi connectivity index (χ1n) is 6.05. The molecule has 2 amide bonds. The van der Waals surface area contributed by atoms with Crippen LogP contribution in [0.2, 0.25) is 0 Å². The summed E-state index contributed by atoms with van der Waals surface area (Å²) in [6.45, 7) is 0.866. The number of rotatable bonds is 3. The molecule has 4 N–H and O–H groups in total. The first kappa shape index (κ1) is 12.6. The minimum Gasteiger partial charge on any atom is -0.355 e. The van der Waals surface area contributed by atoms with Gasteiger partial charge in [-0.1, -0.05) is 12.1 Å². The van der Waals surface area contributed by atoms with Gasteiger partial charge < -0.3 is 16.4 Å². The second-order valence-electron chi connectivity index (χ2n) is 4.43. The van der Waals surface area contributed by atoms with Crippen molar-refractivity contribution < 1.29 is 9.59 Å². The summed E-state index contributed by atoms with van der Waals surface area (Å²) in [4.78, 5) is 23.0. The molecule has 5 nitrogen and oxygen atoms in total. The van der Waals surface area contributed by atoms with E-state index in [1.807, 2.05) is 24.3 Å². The third-order valence-electron chi connectivity index (χ3n) is 3.07. The Bertz CT molecular complexity index is 449. The lowest BCUT2D eigenvalue weighted by molar-refractivity contribution is -0.126. The molecule has 2 rings (SSSR count). The lowest BCUT2D eigenvalue weighted by Crippen LogP contribution is -2.40. The predicted molar refractivity (Wildman–Crippen MR) is 68.7 cm³/mol. The fourth-order valence-corrected chi connectivity index (χ4v) is 1.98. The molecule has 0 saturated carbocycles. The molecule has 0 radical (unpaired) electrons. The SMILES string of the molecule is NCc1cccc(NC(=O)C2CCC(=O)NC2)c1. The molecular weight excluding hydrogens is 230 g/mol. The number of benzene rings is 1. The monoisotopic (exact) mass is 247 g/mol. The Morgan fingerprint density at radius 1 is 1.50 bits per heavy atom. The predicted octanol–water partition coefficient (Wildman–Crippen LogP) is 0.610. The second kappa shape index (κ2) is 5.64. The summed E-state index contributed by atoms with van der Waals surface area (Å²) in [6.07, 6.45) is 1.02. The number of carbonyl (C=O) groups excluding carboxylic acids is 2. The molecule has 1 fully saturated rings. The highest BCUT2D eigenvalue weighted by Crippen LogP contribution is 2.15. The summed E-state index contributed by atoms with van der Waals surface area (Å²) in [5.41, 5.74) is 7.27. The van der Waals surface area contributed by atoms with Gasteiger partial charge in [-0.05, 0) is 24.1 Å². The standard InChI is InChI=1S/C13H17N3O2/c14-7-9-2-1-3-11(6-9)16-13(18)10-4-5-12(17)15-8-10/h1-3,6,10H,4-5,7-8,14H2,(H,15,17)(H,16,18). The van der Waals surface area contributed by atoms with Gasteiger partial charge in [-0.3, -0.25) is 9.59 Å². The molecule has 1 aliphatic rings. The van der Waals surface area contributed by atoms with E-state index < -0.39 is 0 Å². The van der Waals surface area contributed by atoms with Crippen LogP contribution in [0.3, 0.4) is 0 Å². The zero-order valence-corrected chi connectivity index (χ0v) is 10.1. The Balaban J connectivity index is 1.96. The molecule has 1 aromatic carbocycles. The molecule has 1 saturated heterocycles. The molecule has 1 atom stereocenters. The molecule has 18 heavy (non-hydrogen) atoms. The number of amides is 2. The zero-order valence-electron chi connectivity index (χ0n) is 10.1. The molecular formula is C13H17N3O2. The van der Waals surface area contributed by atoms with E-state index in [1.165, 1.54) is 0 Å². The van der Waals surface area contributed by atoms with E-state index in [4.69, 9.17) is 5.73 Å². The summed E-state index contributed by atoms with van der Waals surface area (Å²) in [5.74, 6) is -0.183. The number of anilines is 1. The van der Waals surface area contributed by atoms with Crippen LogP contribution in [0, 0.1) is 5.92 Å². The van der Waals surface area contributed by atoms with Crippen LogP contribution in [0.1, 0.15) is 18.4 Å². The van der Waals surface area contributed by atoms with Crippen molar-refractivity contribution in [2.45, 2.75) is 19.4 Å². The maximum atomic E-state index is 12.0. The van der Waals surface area contributed by atoms with Gasteiger partial charge >= 0.3 is 0 Å². The third kappa shape index (κ3) is 3.07. The second-order valence-corrected chi connectivity index (χ2v) is 4.43. The van der Waals surface area contributed by atoms with Crippen LogP contribution in [-0.2, 0) is 16.1 Å². The molecule has 1 unspecified atom stereocenters. The molecule has 96 valence electrons. The van der Waals surface area contributed by atoms with Crippen molar-refractivity contribution in [1.82, 2.24) is 5.32 Å². The Labute approximate surface area is 106 Å². The van der Waals surface area contributed by atoms with Gasteiger partial charge in [0.2, 0.25) is 11.8 Å². The smallest absolute Gasteiger partial charge is 0.229 e. The Kier molecular flexibility index (Phi) is 3.94. The lowest BCUT2D eigenvalue weighted by Gasteiger charge is -2.21. The van der Waals surface area contributed by atoms with E-state index in [-0.39, 0.29) is 17.7 Å². The van der Waals surface area contributed by atoms with Crippen LogP contribution in [0.25, 0.3) is 0 Å². The highest BCUT2D eigenvalue weighted by atomic mass is 16.2. The minimum atomic E-state index is -0.149. The van der Waals surface area contributed by atoms with Crippen molar-refractivity contribution in [1.29, 1.82) is 0 Å². The van der Waals surface area contributed by atoms with Crippen molar-refractivity contribution >= 4 is 17.5 Å². The van der Waals surface area contributed by atoms with Gasteiger partial charge in [0, 0.05) is 25.2 Å². The summed E-state index contributed by atoms with van der Waals surface area (Å²) in [5, 5.41) is 5.56. The number of hydrogen-bond acceptors (Lipinski definition) is 3. The van der Waals surface area contributed by atoms with Crippen molar-refractivity contribution in [3.05, 3.63) is 29.8 Å². The maximum Gasteiger partial charge on any atom is 0.229 e. The first-order valence-corrected chi connectivity index (χ1v) is 6.05. The van der Waals surface area contributed by atoms with Crippen LogP contribution >= 0.6 is 0 Å². The van der Waals surface area contributed by atoms with Gasteiger partial charge in [0.25, 0.3) is 0 Å². The quantitative estimate of drug-likeness (QED) is 0.731. The van der Waals surface area contributed by atoms with Crippen molar-refractivity contribution in [2.75, 3.05) is 11.9 Å². The van der Waals surface area contributed by atoms with Crippen LogP contribution < -0.4 is 16.4 Å². The molecule has 5 heteroatoms. The molecule has 0 aliphatic carbocycles. The Hall–Kier alpha value is -1.88. The van der Waals surface area contributed by atoms with Crippen LogP contribution in [0.15, 0.2) is 24.3 Å². The highest BCUT2D eigenvalue weighted by Gasteiger charge is 2.24. The largest absolute Gasteiger partial charge is 0.355 e. The van der Waals surface area contributed by atoms with Crippen LogP contribution in [0.4, 0.5) is 5.69 Å². The van der Waals surface area contributed by atoms with Gasteiger partial charge in [-0.15, -0.1) is 0 Å². The number of nitrogens with one attached hydrogen (secondary N) is 2. The lowest BCUT2D eigenvalue weighted by atomic mass is 9.98. The first-order chi connectivity index (χ1) is 8.69. The summed E-state index contributed by atoms with van der Waals surface area (Å²) in [6, 6.07) is 7.47. The minimum absolute atomic E-state index is 0.0178. The van der Waals surface area contributed by atoms with Crippen molar-refractivity contribution in [3.8, 4) is 0 Å². The Morgan fingerprint density at radius 2 is 2.33 bits per heavy atom. The Morgan fingerprint density at radius 3 is 3.00 bits per heavy atom. The molecule has 0 spiro atoms. The normalized spacial score (nSPS) is 19.2. The number of nitrogens with two attached hydrogens (primary N) is 1. The highest BCUT2D eigenvalue weighted by molar-refractivity contribution is 5.94. The van der Waals surface area contributed by atoms with E-state index in [0.29, 0.717) is 25.9 Å². The van der Waals surface area contributed by atoms with Gasteiger partial charge in [-0.25, -0.2) is 0 Å². The van der Waals surface area contributed by atoms with E-state index >= 15 is 0 Å². The van der Waals surface area contributed by atoms with Crippen LogP contribution in [0.5, 0.6) is 0 Å². The van der Waals surface area contributed by atoms with Gasteiger partial charge in [0.1, 0.15) is 0 Å². The van der Waals surface area contributed by atoms with Gasteiger partial charge in [0.05, 0.1) is 5.92 Å². The van der Waals surface area contributed by atoms with Gasteiger partial charge in [-0.2, -0.15) is 0 Å². The molecule has 1 aromatic rings. The summed E-state index contributed by atoms with van der Waals surface area (Å²) < 4.78 is 0. The fourth-order valence-electron chi connectivity index (χ4n) is 1.98. The van der Waals surface area contributed by atoms with E-state index in [0.717, 1.165) is 11.3 Å². The van der Waals surface area contributed by atoms with Crippen molar-refractivity contribution in [2.24, 2.45) is 11.7 Å². The zero-order chi connectivity index (χ0) is 13.0.